The number of nitrogens with zero attached hydrogens (tertiary/aromatic N) is 2. The molecule has 16 nitrogen and oxygen atoms in total. The van der Waals surface area contributed by atoms with Gasteiger partial charge in [-0.25, -0.2) is 0 Å². The van der Waals surface area contributed by atoms with E-state index < -0.39 is 77.4 Å². The van der Waals surface area contributed by atoms with Crippen LogP contribution in [0.4, 0.5) is 5.69 Å². The van der Waals surface area contributed by atoms with E-state index >= 15 is 4.79 Å². The molecule has 4 fully saturated rings. The molecule has 5 aliphatic heterocycles. The van der Waals surface area contributed by atoms with Crippen molar-refractivity contribution < 1.29 is 57.6 Å². The SMILES string of the molecule is C=CCOC(=O)[C@@H]1[C@H]2C(=O)O[C@H](c3ccccc3)[C@H](c3ccccc3)N2[C@H](c2ccc(OCCOC(=O)[C@@H]3C[C@@H]4C(=O)NCC(=O)N4[C@@H]3c3cccc(OCCO)c3)cc2)[C@@]12C(=O)Nc1ccccc12. The maximum atomic E-state index is 15.1. The first-order valence-corrected chi connectivity index (χ1v) is 23.2. The minimum absolute atomic E-state index is 0.0512. The summed E-state index contributed by atoms with van der Waals surface area (Å²) in [5.74, 6) is -4.60. The molecule has 0 saturated carbocycles. The molecule has 3 N–H and O–H groups in total. The molecular formula is C54H50N4O12. The first kappa shape index (κ1) is 45.9. The Bertz CT molecular complexity index is 2830. The molecule has 0 bridgehead atoms. The molecule has 0 aromatic heterocycles. The zero-order valence-corrected chi connectivity index (χ0v) is 37.9. The fourth-order valence-corrected chi connectivity index (χ4v) is 11.3. The van der Waals surface area contributed by atoms with Gasteiger partial charge in [0.1, 0.15) is 67.4 Å². The van der Waals surface area contributed by atoms with Gasteiger partial charge in [-0.3, -0.25) is 33.7 Å². The molecule has 0 radical (unpaired) electrons. The number of aliphatic hydroxyl groups excluding tert-OH is 1. The van der Waals surface area contributed by atoms with Gasteiger partial charge in [0.2, 0.25) is 17.7 Å². The number of morpholine rings is 1. The Balaban J connectivity index is 0.958. The summed E-state index contributed by atoms with van der Waals surface area (Å²) in [6.07, 6.45) is 0.647. The molecule has 16 heteroatoms. The van der Waals surface area contributed by atoms with Crippen LogP contribution in [0.15, 0.2) is 146 Å². The predicted octanol–water partition coefficient (Wildman–Crippen LogP) is 5.07. The van der Waals surface area contributed by atoms with Crippen LogP contribution in [-0.4, -0.2) is 102 Å². The van der Waals surface area contributed by atoms with Gasteiger partial charge in [0.05, 0.1) is 37.2 Å². The van der Waals surface area contributed by atoms with E-state index in [1.165, 1.54) is 11.0 Å². The Hall–Kier alpha value is -7.82. The minimum atomic E-state index is -1.70. The number of hydrogen-bond acceptors (Lipinski definition) is 13. The van der Waals surface area contributed by atoms with Gasteiger partial charge in [-0.1, -0.05) is 116 Å². The Labute approximate surface area is 403 Å². The van der Waals surface area contributed by atoms with Crippen molar-refractivity contribution in [1.82, 2.24) is 15.1 Å². The number of fused-ring (bicyclic) bond motifs is 4. The predicted molar refractivity (Wildman–Crippen MR) is 251 cm³/mol. The third kappa shape index (κ3) is 7.92. The second-order valence-corrected chi connectivity index (χ2v) is 17.7. The van der Waals surface area contributed by atoms with Crippen molar-refractivity contribution in [3.8, 4) is 11.5 Å². The fraction of sp³-hybridized carbons (Fsp3) is 0.296. The molecule has 5 aromatic rings. The van der Waals surface area contributed by atoms with Gasteiger partial charge >= 0.3 is 17.9 Å². The second-order valence-electron chi connectivity index (χ2n) is 17.7. The summed E-state index contributed by atoms with van der Waals surface area (Å²) in [5, 5.41) is 14.9. The topological polar surface area (TPSA) is 199 Å². The maximum absolute atomic E-state index is 15.1. The molecule has 5 aromatic carbocycles. The van der Waals surface area contributed by atoms with Crippen LogP contribution in [0.3, 0.4) is 0 Å². The lowest BCUT2D eigenvalue weighted by Crippen LogP contribution is -2.56. The number of rotatable bonds is 15. The number of carbonyl (C=O) groups is 6. The van der Waals surface area contributed by atoms with Crippen molar-refractivity contribution in [2.24, 2.45) is 11.8 Å². The standard InChI is InChI=1S/C54H50N4O12/c1-2-25-68-51(63)43-46-52(64)70-47(33-14-7-4-8-15-33)45(32-12-5-3-6-13-32)58(46)48(54(43)39-18-9-10-19-40(39)56-53(54)65)34-20-22-36(23-21-34)67-27-28-69-50(62)38-30-41-49(61)55-31-42(60)57(41)44(38)35-16-11-17-37(29-35)66-26-24-59/h2-23,29,38,41,43-48,59H,1,24-28,30-31H2,(H,55,61)(H,56,65)/t38-,41-,43+,44-,45+,46+,47-,48-,54+/m1/s1. The van der Waals surface area contributed by atoms with Crippen LogP contribution in [0.1, 0.15) is 58.5 Å². The summed E-state index contributed by atoms with van der Waals surface area (Å²) in [4.78, 5) is 88.0. The highest BCUT2D eigenvalue weighted by atomic mass is 16.6. The molecular weight excluding hydrogens is 897 g/mol. The first-order chi connectivity index (χ1) is 34.1. The summed E-state index contributed by atoms with van der Waals surface area (Å²) in [6.45, 7) is 3.01. The number of piperazine rings is 1. The van der Waals surface area contributed by atoms with E-state index in [4.69, 9.17) is 23.7 Å². The average molecular weight is 947 g/mol. The quantitative estimate of drug-likeness (QED) is 0.0545. The molecule has 4 saturated heterocycles. The van der Waals surface area contributed by atoms with Gasteiger partial charge in [0, 0.05) is 5.69 Å². The van der Waals surface area contributed by atoms with Crippen LogP contribution in [-0.2, 0) is 48.4 Å². The van der Waals surface area contributed by atoms with Crippen molar-refractivity contribution in [2.45, 2.75) is 48.1 Å². The zero-order chi connectivity index (χ0) is 48.5. The Morgan fingerprint density at radius 3 is 2.17 bits per heavy atom. The highest BCUT2D eigenvalue weighted by Gasteiger charge is 2.74. The van der Waals surface area contributed by atoms with Gasteiger partial charge < -0.3 is 44.3 Å². The number of cyclic esters (lactones) is 1. The van der Waals surface area contributed by atoms with Crippen molar-refractivity contribution in [3.63, 3.8) is 0 Å². The highest BCUT2D eigenvalue weighted by molar-refractivity contribution is 6.11. The number of esters is 3. The zero-order valence-electron chi connectivity index (χ0n) is 37.9. The number of para-hydroxylation sites is 1. The Morgan fingerprint density at radius 2 is 1.43 bits per heavy atom. The van der Waals surface area contributed by atoms with E-state index in [1.54, 1.807) is 72.8 Å². The number of benzene rings is 5. The molecule has 5 aliphatic rings. The van der Waals surface area contributed by atoms with E-state index in [9.17, 15) is 29.1 Å². The van der Waals surface area contributed by atoms with E-state index in [0.29, 0.717) is 33.9 Å². The van der Waals surface area contributed by atoms with Crippen LogP contribution >= 0.6 is 0 Å². The van der Waals surface area contributed by atoms with E-state index in [2.05, 4.69) is 17.2 Å². The minimum Gasteiger partial charge on any atom is -0.491 e. The van der Waals surface area contributed by atoms with Crippen LogP contribution in [0.5, 0.6) is 11.5 Å². The van der Waals surface area contributed by atoms with Crippen molar-refractivity contribution >= 4 is 41.3 Å². The van der Waals surface area contributed by atoms with Crippen LogP contribution in [0, 0.1) is 11.8 Å². The first-order valence-electron chi connectivity index (χ1n) is 23.2. The highest BCUT2D eigenvalue weighted by Crippen LogP contribution is 2.65. The maximum Gasteiger partial charge on any atom is 0.325 e. The number of amides is 3. The summed E-state index contributed by atoms with van der Waals surface area (Å²) in [7, 11) is 0. The van der Waals surface area contributed by atoms with Crippen molar-refractivity contribution in [3.05, 3.63) is 174 Å². The summed E-state index contributed by atoms with van der Waals surface area (Å²) < 4.78 is 29.7. The molecule has 3 amide bonds. The number of anilines is 1. The third-order valence-corrected chi connectivity index (χ3v) is 14.0. The number of ether oxygens (including phenoxy) is 5. The number of hydrogen-bond donors (Lipinski definition) is 3. The summed E-state index contributed by atoms with van der Waals surface area (Å²) >= 11 is 0. The van der Waals surface area contributed by atoms with Crippen LogP contribution in [0.2, 0.25) is 0 Å². The number of aliphatic hydroxyl groups is 1. The van der Waals surface area contributed by atoms with Gasteiger partial charge in [-0.15, -0.1) is 0 Å². The molecule has 70 heavy (non-hydrogen) atoms. The lowest BCUT2D eigenvalue weighted by atomic mass is 9.65. The molecule has 0 unspecified atom stereocenters. The summed E-state index contributed by atoms with van der Waals surface area (Å²) in [6, 6.07) is 35.4. The van der Waals surface area contributed by atoms with Gasteiger partial charge in [0.25, 0.3) is 0 Å². The second kappa shape index (κ2) is 19.3. The molecule has 9 atom stereocenters. The van der Waals surface area contributed by atoms with Crippen LogP contribution < -0.4 is 20.1 Å². The lowest BCUT2D eigenvalue weighted by Gasteiger charge is -2.46. The Morgan fingerprint density at radius 1 is 0.729 bits per heavy atom. The van der Waals surface area contributed by atoms with E-state index in [-0.39, 0.29) is 57.8 Å². The summed E-state index contributed by atoms with van der Waals surface area (Å²) in [5.41, 5.74) is 2.06. The molecule has 5 heterocycles. The average Bonchev–Trinajstić information content (AvgIpc) is 4.05. The van der Waals surface area contributed by atoms with Crippen molar-refractivity contribution in [1.29, 1.82) is 0 Å². The third-order valence-electron chi connectivity index (χ3n) is 14.0. The van der Waals surface area contributed by atoms with Gasteiger partial charge in [-0.2, -0.15) is 0 Å². The van der Waals surface area contributed by atoms with E-state index in [1.807, 2.05) is 65.6 Å². The molecule has 1 spiro atoms. The van der Waals surface area contributed by atoms with Crippen LogP contribution in [0.25, 0.3) is 0 Å². The number of nitrogens with one attached hydrogen (secondary N) is 2. The van der Waals surface area contributed by atoms with Gasteiger partial charge in [-0.05, 0) is 64.6 Å². The van der Waals surface area contributed by atoms with Crippen molar-refractivity contribution in [2.75, 3.05) is 44.9 Å². The monoisotopic (exact) mass is 946 g/mol. The molecule has 0 aliphatic carbocycles. The van der Waals surface area contributed by atoms with Gasteiger partial charge in [0.15, 0.2) is 0 Å². The fourth-order valence-electron chi connectivity index (χ4n) is 11.3. The lowest BCUT2D eigenvalue weighted by molar-refractivity contribution is -0.180. The number of carbonyl (C=O) groups excluding carboxylic acids is 6. The molecule has 10 rings (SSSR count). The Kier molecular flexibility index (Phi) is 12.7. The normalized spacial score (nSPS) is 26.6. The largest absolute Gasteiger partial charge is 0.491 e. The smallest absolute Gasteiger partial charge is 0.325 e. The van der Waals surface area contributed by atoms with E-state index in [0.717, 1.165) is 11.1 Å². The molecule has 358 valence electrons.